The third-order valence-electron chi connectivity index (χ3n) is 2.47. The van der Waals surface area contributed by atoms with Crippen LogP contribution in [0.15, 0.2) is 16.7 Å². The van der Waals surface area contributed by atoms with Crippen molar-refractivity contribution >= 4 is 39.0 Å². The van der Waals surface area contributed by atoms with Crippen molar-refractivity contribution in [3.8, 4) is 0 Å². The number of aromatic nitrogens is 1. The largest absolute Gasteiger partial charge is 0.391 e. The van der Waals surface area contributed by atoms with Gasteiger partial charge in [-0.15, -0.1) is 0 Å². The Balaban J connectivity index is 2.19. The van der Waals surface area contributed by atoms with E-state index in [9.17, 15) is 4.39 Å². The number of anilines is 1. The second-order valence-electron chi connectivity index (χ2n) is 3.67. The van der Waals surface area contributed by atoms with Gasteiger partial charge in [0.1, 0.15) is 11.1 Å². The lowest BCUT2D eigenvalue weighted by Gasteiger charge is -2.33. The van der Waals surface area contributed by atoms with Gasteiger partial charge in [0.25, 0.3) is 0 Å². The van der Waals surface area contributed by atoms with Gasteiger partial charge < -0.3 is 15.4 Å². The monoisotopic (exact) mass is 319 g/mol. The average molecular weight is 320 g/mol. The minimum Gasteiger partial charge on any atom is -0.391 e. The van der Waals surface area contributed by atoms with Crippen molar-refractivity contribution in [1.82, 2.24) is 4.98 Å². The number of morpholine rings is 1. The molecule has 1 fully saturated rings. The highest BCUT2D eigenvalue weighted by Crippen LogP contribution is 2.21. The van der Waals surface area contributed by atoms with E-state index in [0.29, 0.717) is 30.0 Å². The van der Waals surface area contributed by atoms with Gasteiger partial charge in [-0.05, 0) is 22.0 Å². The lowest BCUT2D eigenvalue weighted by Crippen LogP contribution is -2.48. The molecule has 17 heavy (non-hydrogen) atoms. The number of halogens is 2. The van der Waals surface area contributed by atoms with Crippen LogP contribution in [0.25, 0.3) is 0 Å². The van der Waals surface area contributed by atoms with Crippen LogP contribution in [0.5, 0.6) is 0 Å². The topological polar surface area (TPSA) is 51.4 Å². The molecule has 0 spiro atoms. The summed E-state index contributed by atoms with van der Waals surface area (Å²) in [7, 11) is 0. The second-order valence-corrected chi connectivity index (χ2v) is 5.05. The lowest BCUT2D eigenvalue weighted by molar-refractivity contribution is 0.0841. The minimum atomic E-state index is -0.372. The minimum absolute atomic E-state index is 0.284. The molecule has 1 saturated heterocycles. The van der Waals surface area contributed by atoms with Crippen LogP contribution in [-0.2, 0) is 4.74 Å². The van der Waals surface area contributed by atoms with Crippen molar-refractivity contribution in [2.75, 3.05) is 24.6 Å². The summed E-state index contributed by atoms with van der Waals surface area (Å²) in [5.74, 6) is -0.0688. The molecule has 1 atom stereocenters. The molecule has 1 aliphatic heterocycles. The highest BCUT2D eigenvalue weighted by atomic mass is 79.9. The molecule has 2 heterocycles. The summed E-state index contributed by atoms with van der Waals surface area (Å²) < 4.78 is 19.7. The highest BCUT2D eigenvalue weighted by Gasteiger charge is 2.25. The number of pyridine rings is 1. The molecule has 1 aliphatic rings. The molecule has 2 N–H and O–H groups in total. The van der Waals surface area contributed by atoms with Gasteiger partial charge in [0.15, 0.2) is 11.6 Å². The van der Waals surface area contributed by atoms with Crippen molar-refractivity contribution < 1.29 is 9.13 Å². The molecule has 0 bridgehead atoms. The summed E-state index contributed by atoms with van der Waals surface area (Å²) in [6, 6.07) is 1.38. The first kappa shape index (κ1) is 12.7. The maximum absolute atomic E-state index is 13.7. The summed E-state index contributed by atoms with van der Waals surface area (Å²) in [4.78, 5) is 6.13. The quantitative estimate of drug-likeness (QED) is 0.837. The maximum Gasteiger partial charge on any atom is 0.166 e. The maximum atomic E-state index is 13.7. The SMILES string of the molecule is NC(=S)C1CN(c2ncc(Br)cc2F)CCO1. The van der Waals surface area contributed by atoms with Crippen molar-refractivity contribution in [3.05, 3.63) is 22.6 Å². The van der Waals surface area contributed by atoms with E-state index in [2.05, 4.69) is 20.9 Å². The van der Waals surface area contributed by atoms with Crippen LogP contribution in [-0.4, -0.2) is 35.8 Å². The fraction of sp³-hybridized carbons (Fsp3) is 0.400. The van der Waals surface area contributed by atoms with Gasteiger partial charge in [-0.2, -0.15) is 0 Å². The van der Waals surface area contributed by atoms with Crippen molar-refractivity contribution in [2.24, 2.45) is 5.73 Å². The number of nitrogens with two attached hydrogens (primary N) is 1. The van der Waals surface area contributed by atoms with Gasteiger partial charge in [0, 0.05) is 17.2 Å². The van der Waals surface area contributed by atoms with Crippen LogP contribution in [0, 0.1) is 5.82 Å². The number of thiocarbonyl (C=S) groups is 1. The van der Waals surface area contributed by atoms with E-state index in [1.807, 2.05) is 0 Å². The molecule has 7 heteroatoms. The molecule has 0 amide bonds. The summed E-state index contributed by atoms with van der Waals surface area (Å²) in [6.45, 7) is 1.46. The molecule has 0 saturated carbocycles. The van der Waals surface area contributed by atoms with E-state index in [1.54, 1.807) is 11.1 Å². The second kappa shape index (κ2) is 5.24. The molecular weight excluding hydrogens is 309 g/mol. The molecule has 0 aromatic carbocycles. The Morgan fingerprint density at radius 3 is 3.12 bits per heavy atom. The average Bonchev–Trinajstić information content (AvgIpc) is 2.29. The molecule has 1 unspecified atom stereocenters. The zero-order chi connectivity index (χ0) is 12.4. The van der Waals surface area contributed by atoms with Gasteiger partial charge >= 0.3 is 0 Å². The Kier molecular flexibility index (Phi) is 3.90. The van der Waals surface area contributed by atoms with Crippen LogP contribution in [0.1, 0.15) is 0 Å². The van der Waals surface area contributed by atoms with Crippen LogP contribution >= 0.6 is 28.1 Å². The number of rotatable bonds is 2. The standard InChI is InChI=1S/C10H11BrFN3OS/c11-6-3-7(12)10(14-4-6)15-1-2-16-8(5-15)9(13)17/h3-4,8H,1-2,5H2,(H2,13,17). The van der Waals surface area contributed by atoms with E-state index < -0.39 is 0 Å². The first-order chi connectivity index (χ1) is 8.08. The van der Waals surface area contributed by atoms with E-state index in [-0.39, 0.29) is 16.9 Å². The fourth-order valence-corrected chi connectivity index (χ4v) is 2.10. The van der Waals surface area contributed by atoms with E-state index in [1.165, 1.54) is 6.07 Å². The molecule has 92 valence electrons. The Bertz CT molecular complexity index is 446. The number of nitrogens with zero attached hydrogens (tertiary/aromatic N) is 2. The Labute approximate surface area is 112 Å². The molecule has 0 aliphatic carbocycles. The number of hydrogen-bond acceptors (Lipinski definition) is 4. The summed E-state index contributed by atoms with van der Waals surface area (Å²) >= 11 is 8.05. The molecule has 0 radical (unpaired) electrons. The molecule has 2 rings (SSSR count). The summed E-state index contributed by atoms with van der Waals surface area (Å²) in [5, 5.41) is 0. The predicted octanol–water partition coefficient (Wildman–Crippen LogP) is 1.47. The molecule has 1 aromatic rings. The lowest BCUT2D eigenvalue weighted by atomic mass is 10.2. The van der Waals surface area contributed by atoms with Gasteiger partial charge in [-0.3, -0.25) is 0 Å². The predicted molar refractivity (Wildman–Crippen MR) is 70.6 cm³/mol. The number of hydrogen-bond donors (Lipinski definition) is 1. The van der Waals surface area contributed by atoms with Gasteiger partial charge in [-0.25, -0.2) is 9.37 Å². The van der Waals surface area contributed by atoms with E-state index >= 15 is 0 Å². The first-order valence-electron chi connectivity index (χ1n) is 5.05. The third kappa shape index (κ3) is 2.91. The normalized spacial score (nSPS) is 20.4. The molecule has 1 aromatic heterocycles. The van der Waals surface area contributed by atoms with Crippen LogP contribution < -0.4 is 10.6 Å². The van der Waals surface area contributed by atoms with E-state index in [4.69, 9.17) is 22.7 Å². The van der Waals surface area contributed by atoms with Crippen LogP contribution in [0.2, 0.25) is 0 Å². The highest BCUT2D eigenvalue weighted by molar-refractivity contribution is 9.10. The van der Waals surface area contributed by atoms with Gasteiger partial charge in [-0.1, -0.05) is 12.2 Å². The number of ether oxygens (including phenoxy) is 1. The zero-order valence-corrected chi connectivity index (χ0v) is 11.3. The van der Waals surface area contributed by atoms with Crippen molar-refractivity contribution in [1.29, 1.82) is 0 Å². The Hall–Kier alpha value is -0.790. The molecule has 4 nitrogen and oxygen atoms in total. The zero-order valence-electron chi connectivity index (χ0n) is 8.90. The third-order valence-corrected chi connectivity index (χ3v) is 3.17. The summed E-state index contributed by atoms with van der Waals surface area (Å²) in [5.41, 5.74) is 5.53. The fourth-order valence-electron chi connectivity index (χ4n) is 1.65. The van der Waals surface area contributed by atoms with E-state index in [0.717, 1.165) is 0 Å². The van der Waals surface area contributed by atoms with Crippen molar-refractivity contribution in [3.63, 3.8) is 0 Å². The van der Waals surface area contributed by atoms with Gasteiger partial charge in [0.2, 0.25) is 0 Å². The van der Waals surface area contributed by atoms with Gasteiger partial charge in [0.05, 0.1) is 13.2 Å². The molecular formula is C10H11BrFN3OS. The smallest absolute Gasteiger partial charge is 0.166 e. The first-order valence-corrected chi connectivity index (χ1v) is 6.25. The van der Waals surface area contributed by atoms with Crippen LogP contribution in [0.3, 0.4) is 0 Å². The Morgan fingerprint density at radius 2 is 2.47 bits per heavy atom. The van der Waals surface area contributed by atoms with Crippen molar-refractivity contribution in [2.45, 2.75) is 6.10 Å². The van der Waals surface area contributed by atoms with Crippen LogP contribution in [0.4, 0.5) is 10.2 Å². The summed E-state index contributed by atoms with van der Waals surface area (Å²) in [6.07, 6.45) is 1.22. The Morgan fingerprint density at radius 1 is 1.71 bits per heavy atom.